The Bertz CT molecular complexity index is 583. The van der Waals surface area contributed by atoms with E-state index in [1.807, 2.05) is 4.90 Å². The maximum atomic E-state index is 14.2. The van der Waals surface area contributed by atoms with Crippen molar-refractivity contribution < 1.29 is 18.7 Å². The summed E-state index contributed by atoms with van der Waals surface area (Å²) in [6.45, 7) is 2.05. The predicted octanol–water partition coefficient (Wildman–Crippen LogP) is 0.818. The van der Waals surface area contributed by atoms with Crippen molar-refractivity contribution >= 4 is 11.7 Å². The monoisotopic (exact) mass is 309 g/mol. The van der Waals surface area contributed by atoms with E-state index in [1.54, 1.807) is 7.05 Å². The first-order valence-electron chi connectivity index (χ1n) is 7.36. The summed E-state index contributed by atoms with van der Waals surface area (Å²) in [7, 11) is 3.13. The van der Waals surface area contributed by atoms with E-state index >= 15 is 0 Å². The van der Waals surface area contributed by atoms with E-state index in [2.05, 4.69) is 10.3 Å². The highest BCUT2D eigenvalue weighted by Gasteiger charge is 2.53. The van der Waals surface area contributed by atoms with E-state index in [-0.39, 0.29) is 17.6 Å². The van der Waals surface area contributed by atoms with Crippen molar-refractivity contribution in [2.45, 2.75) is 6.42 Å². The summed E-state index contributed by atoms with van der Waals surface area (Å²) in [4.78, 5) is 18.5. The largest absolute Gasteiger partial charge is 0.481 e. The van der Waals surface area contributed by atoms with Gasteiger partial charge in [-0.05, 0) is 12.5 Å². The zero-order chi connectivity index (χ0) is 15.7. The van der Waals surface area contributed by atoms with E-state index in [0.29, 0.717) is 38.6 Å². The van der Waals surface area contributed by atoms with Gasteiger partial charge >= 0.3 is 0 Å². The van der Waals surface area contributed by atoms with Crippen LogP contribution in [-0.4, -0.2) is 51.4 Å². The van der Waals surface area contributed by atoms with Gasteiger partial charge in [-0.1, -0.05) is 0 Å². The molecule has 0 radical (unpaired) electrons. The average molecular weight is 309 g/mol. The zero-order valence-corrected chi connectivity index (χ0v) is 12.8. The number of methoxy groups -OCH3 is 1. The van der Waals surface area contributed by atoms with Gasteiger partial charge in [-0.2, -0.15) is 4.98 Å². The highest BCUT2D eigenvalue weighted by Crippen LogP contribution is 2.44. The number of nitrogens with zero attached hydrogens (tertiary/aromatic N) is 2. The minimum Gasteiger partial charge on any atom is -0.481 e. The van der Waals surface area contributed by atoms with Gasteiger partial charge in [-0.15, -0.1) is 0 Å². The maximum Gasteiger partial charge on any atom is 0.228 e. The van der Waals surface area contributed by atoms with Crippen LogP contribution in [0, 0.1) is 17.2 Å². The summed E-state index contributed by atoms with van der Waals surface area (Å²) in [5.41, 5.74) is -0.538. The van der Waals surface area contributed by atoms with Gasteiger partial charge in [-0.25, -0.2) is 4.39 Å². The highest BCUT2D eigenvalue weighted by atomic mass is 19.1. The highest BCUT2D eigenvalue weighted by molar-refractivity contribution is 5.84. The molecule has 2 saturated heterocycles. The number of pyridine rings is 1. The van der Waals surface area contributed by atoms with Gasteiger partial charge in [0, 0.05) is 38.7 Å². The van der Waals surface area contributed by atoms with Crippen molar-refractivity contribution in [3.8, 4) is 5.88 Å². The average Bonchev–Trinajstić information content (AvgIpc) is 2.95. The van der Waals surface area contributed by atoms with Crippen LogP contribution in [-0.2, 0) is 9.53 Å². The number of carbonyl (C=O) groups excluding carboxylic acids is 1. The summed E-state index contributed by atoms with van der Waals surface area (Å²) in [6.07, 6.45) is 0.638. The summed E-state index contributed by atoms with van der Waals surface area (Å²) < 4.78 is 24.7. The molecule has 0 spiro atoms. The van der Waals surface area contributed by atoms with E-state index in [1.165, 1.54) is 19.2 Å². The lowest BCUT2D eigenvalue weighted by Crippen LogP contribution is -2.49. The molecule has 0 bridgehead atoms. The third kappa shape index (κ3) is 2.29. The first-order chi connectivity index (χ1) is 10.6. The van der Waals surface area contributed by atoms with Gasteiger partial charge in [0.1, 0.15) is 0 Å². The molecule has 2 fully saturated rings. The Balaban J connectivity index is 1.93. The fourth-order valence-electron chi connectivity index (χ4n) is 3.48. The lowest BCUT2D eigenvalue weighted by molar-refractivity contribution is -0.138. The molecule has 120 valence electrons. The molecule has 0 saturated carbocycles. The van der Waals surface area contributed by atoms with Crippen molar-refractivity contribution in [3.05, 3.63) is 17.9 Å². The standard InChI is InChI=1S/C15H20FN3O3/c1-17-14(20)15-5-6-22-8-10(15)7-19(9-15)13-11(16)3-4-12(18-13)21-2/h3-4,10H,5-9H2,1-2H3,(H,17,20)/t10-,15+/m1/s1. The molecule has 3 rings (SSSR count). The minimum absolute atomic E-state index is 0.00777. The summed E-state index contributed by atoms with van der Waals surface area (Å²) in [5.74, 6) is 0.209. The molecular formula is C15H20FN3O3. The Labute approximate surface area is 128 Å². The first-order valence-corrected chi connectivity index (χ1v) is 7.36. The maximum absolute atomic E-state index is 14.2. The molecule has 2 aliphatic heterocycles. The predicted molar refractivity (Wildman–Crippen MR) is 78.4 cm³/mol. The molecule has 1 N–H and O–H groups in total. The van der Waals surface area contributed by atoms with Gasteiger partial charge in [0.15, 0.2) is 11.6 Å². The van der Waals surface area contributed by atoms with Crippen molar-refractivity contribution in [1.29, 1.82) is 0 Å². The van der Waals surface area contributed by atoms with Gasteiger partial charge < -0.3 is 19.7 Å². The number of rotatable bonds is 3. The molecule has 7 heteroatoms. The van der Waals surface area contributed by atoms with Crippen LogP contribution in [0.3, 0.4) is 0 Å². The quantitative estimate of drug-likeness (QED) is 0.895. The molecule has 2 atom stereocenters. The van der Waals surface area contributed by atoms with Crippen molar-refractivity contribution in [3.63, 3.8) is 0 Å². The number of hydrogen-bond donors (Lipinski definition) is 1. The second-order valence-electron chi connectivity index (χ2n) is 5.80. The number of ether oxygens (including phenoxy) is 2. The topological polar surface area (TPSA) is 63.7 Å². The van der Waals surface area contributed by atoms with Crippen LogP contribution in [0.1, 0.15) is 6.42 Å². The number of hydrogen-bond acceptors (Lipinski definition) is 5. The Kier molecular flexibility index (Phi) is 3.90. The van der Waals surface area contributed by atoms with Crippen LogP contribution >= 0.6 is 0 Å². The van der Waals surface area contributed by atoms with Crippen molar-refractivity contribution in [2.75, 3.05) is 45.4 Å². The number of halogens is 1. The molecule has 0 aromatic carbocycles. The van der Waals surface area contributed by atoms with Crippen LogP contribution < -0.4 is 15.0 Å². The second-order valence-corrected chi connectivity index (χ2v) is 5.80. The number of fused-ring (bicyclic) bond motifs is 1. The van der Waals surface area contributed by atoms with Crippen LogP contribution in [0.4, 0.5) is 10.2 Å². The molecular weight excluding hydrogens is 289 g/mol. The Morgan fingerprint density at radius 3 is 3.14 bits per heavy atom. The van der Waals surface area contributed by atoms with Crippen LogP contribution in [0.5, 0.6) is 5.88 Å². The molecule has 22 heavy (non-hydrogen) atoms. The summed E-state index contributed by atoms with van der Waals surface area (Å²) >= 11 is 0. The fraction of sp³-hybridized carbons (Fsp3) is 0.600. The number of nitrogens with one attached hydrogen (secondary N) is 1. The van der Waals surface area contributed by atoms with Gasteiger partial charge in [0.25, 0.3) is 0 Å². The van der Waals surface area contributed by atoms with E-state index in [9.17, 15) is 9.18 Å². The van der Waals surface area contributed by atoms with Crippen LogP contribution in [0.25, 0.3) is 0 Å². The fourth-order valence-corrected chi connectivity index (χ4v) is 3.48. The molecule has 6 nitrogen and oxygen atoms in total. The zero-order valence-electron chi connectivity index (χ0n) is 12.8. The van der Waals surface area contributed by atoms with Gasteiger partial charge in [-0.3, -0.25) is 4.79 Å². The molecule has 2 aliphatic rings. The lowest BCUT2D eigenvalue weighted by atomic mass is 9.73. The molecule has 0 aliphatic carbocycles. The Morgan fingerprint density at radius 1 is 1.59 bits per heavy atom. The SMILES string of the molecule is CNC(=O)[C@]12CCOC[C@H]1CN(c1nc(OC)ccc1F)C2. The van der Waals surface area contributed by atoms with Gasteiger partial charge in [0.05, 0.1) is 19.1 Å². The summed E-state index contributed by atoms with van der Waals surface area (Å²) in [5, 5.41) is 2.75. The minimum atomic E-state index is -0.538. The lowest BCUT2D eigenvalue weighted by Gasteiger charge is -2.36. The van der Waals surface area contributed by atoms with Crippen molar-refractivity contribution in [1.82, 2.24) is 10.3 Å². The molecule has 1 amide bonds. The third-order valence-electron chi connectivity index (χ3n) is 4.70. The van der Waals surface area contributed by atoms with Crippen LogP contribution in [0.2, 0.25) is 0 Å². The Hall–Kier alpha value is -1.89. The normalized spacial score (nSPS) is 27.4. The molecule has 1 aromatic rings. The van der Waals surface area contributed by atoms with E-state index in [0.717, 1.165) is 0 Å². The first kappa shape index (κ1) is 15.0. The second kappa shape index (κ2) is 5.72. The van der Waals surface area contributed by atoms with E-state index in [4.69, 9.17) is 9.47 Å². The number of aromatic nitrogens is 1. The molecule has 0 unspecified atom stereocenters. The molecule has 3 heterocycles. The third-order valence-corrected chi connectivity index (χ3v) is 4.70. The van der Waals surface area contributed by atoms with Gasteiger partial charge in [0.2, 0.25) is 11.8 Å². The van der Waals surface area contributed by atoms with Crippen LogP contribution in [0.15, 0.2) is 12.1 Å². The molecule has 1 aromatic heterocycles. The Morgan fingerprint density at radius 2 is 2.41 bits per heavy atom. The number of carbonyl (C=O) groups is 1. The summed E-state index contributed by atoms with van der Waals surface area (Å²) in [6, 6.07) is 2.83. The van der Waals surface area contributed by atoms with Crippen molar-refractivity contribution in [2.24, 2.45) is 11.3 Å². The van der Waals surface area contributed by atoms with E-state index < -0.39 is 11.2 Å². The number of anilines is 1. The number of amides is 1. The smallest absolute Gasteiger partial charge is 0.228 e.